The number of rotatable bonds is 3. The molecule has 100 valence electrons. The molecule has 0 aliphatic carbocycles. The van der Waals surface area contributed by atoms with Gasteiger partial charge in [-0.15, -0.1) is 11.3 Å². The first-order valence-electron chi connectivity index (χ1n) is 6.40. The van der Waals surface area contributed by atoms with E-state index in [9.17, 15) is 4.79 Å². The van der Waals surface area contributed by atoms with Gasteiger partial charge in [-0.25, -0.2) is 0 Å². The number of benzene rings is 1. The van der Waals surface area contributed by atoms with Crippen molar-refractivity contribution in [1.29, 1.82) is 0 Å². The van der Waals surface area contributed by atoms with Crippen molar-refractivity contribution in [2.75, 3.05) is 0 Å². The molecule has 1 aromatic carbocycles. The Morgan fingerprint density at radius 3 is 3.00 bits per heavy atom. The van der Waals surface area contributed by atoms with Crippen LogP contribution >= 0.6 is 11.3 Å². The number of carbonyl (C=O) groups excluding carboxylic acids is 1. The standard InChI is InChI=1S/C16H14N2OS/c1-11-8-12-4-2-6-17-15(12)13(9-11)10-18-16(19)14-5-3-7-20-14/h2-9H,10H2,1H3,(H,18,19). The van der Waals surface area contributed by atoms with Crippen LogP contribution in [0.5, 0.6) is 0 Å². The molecule has 0 bridgehead atoms. The van der Waals surface area contributed by atoms with Crippen LogP contribution in [0, 0.1) is 6.92 Å². The minimum atomic E-state index is -0.0365. The van der Waals surface area contributed by atoms with E-state index in [1.165, 1.54) is 16.9 Å². The highest BCUT2D eigenvalue weighted by Gasteiger charge is 2.08. The Kier molecular flexibility index (Phi) is 3.48. The molecular formula is C16H14N2OS. The molecule has 0 radical (unpaired) electrons. The van der Waals surface area contributed by atoms with Crippen molar-refractivity contribution < 1.29 is 4.79 Å². The Hall–Kier alpha value is -2.20. The van der Waals surface area contributed by atoms with Crippen LogP contribution in [0.2, 0.25) is 0 Å². The number of fused-ring (bicyclic) bond motifs is 1. The number of aryl methyl sites for hydroxylation is 1. The summed E-state index contributed by atoms with van der Waals surface area (Å²) in [6, 6.07) is 11.8. The van der Waals surface area contributed by atoms with Crippen LogP contribution in [0.3, 0.4) is 0 Å². The van der Waals surface area contributed by atoms with E-state index in [0.717, 1.165) is 21.3 Å². The SMILES string of the molecule is Cc1cc(CNC(=O)c2cccs2)c2ncccc2c1. The van der Waals surface area contributed by atoms with Crippen LogP contribution in [0.15, 0.2) is 48.0 Å². The third kappa shape index (κ3) is 2.56. The number of hydrogen-bond acceptors (Lipinski definition) is 3. The number of hydrogen-bond donors (Lipinski definition) is 1. The summed E-state index contributed by atoms with van der Waals surface area (Å²) in [5.74, 6) is -0.0365. The highest BCUT2D eigenvalue weighted by Crippen LogP contribution is 2.19. The van der Waals surface area contributed by atoms with Crippen LogP contribution in [-0.2, 0) is 6.54 Å². The van der Waals surface area contributed by atoms with E-state index in [1.807, 2.05) is 29.6 Å². The lowest BCUT2D eigenvalue weighted by molar-refractivity contribution is 0.0955. The van der Waals surface area contributed by atoms with Gasteiger partial charge in [-0.1, -0.05) is 23.8 Å². The Bertz CT molecular complexity index is 750. The predicted octanol–water partition coefficient (Wildman–Crippen LogP) is 3.53. The predicted molar refractivity (Wildman–Crippen MR) is 82.0 cm³/mol. The minimum Gasteiger partial charge on any atom is -0.347 e. The van der Waals surface area contributed by atoms with Crippen LogP contribution in [0.25, 0.3) is 10.9 Å². The molecule has 20 heavy (non-hydrogen) atoms. The first-order chi connectivity index (χ1) is 9.74. The monoisotopic (exact) mass is 282 g/mol. The van der Waals surface area contributed by atoms with Gasteiger partial charge in [-0.2, -0.15) is 0 Å². The van der Waals surface area contributed by atoms with E-state index in [2.05, 4.69) is 29.4 Å². The largest absolute Gasteiger partial charge is 0.347 e. The molecule has 1 amide bonds. The van der Waals surface area contributed by atoms with Gasteiger partial charge in [-0.05, 0) is 36.1 Å². The normalized spacial score (nSPS) is 10.7. The Morgan fingerprint density at radius 2 is 2.20 bits per heavy atom. The van der Waals surface area contributed by atoms with E-state index < -0.39 is 0 Å². The second-order valence-corrected chi connectivity index (χ2v) is 5.61. The van der Waals surface area contributed by atoms with Crippen LogP contribution in [0.4, 0.5) is 0 Å². The number of amides is 1. The van der Waals surface area contributed by atoms with Crippen molar-refractivity contribution in [2.45, 2.75) is 13.5 Å². The van der Waals surface area contributed by atoms with Crippen molar-refractivity contribution in [1.82, 2.24) is 10.3 Å². The zero-order chi connectivity index (χ0) is 13.9. The number of thiophene rings is 1. The molecule has 1 N–H and O–H groups in total. The molecule has 0 unspecified atom stereocenters. The summed E-state index contributed by atoms with van der Waals surface area (Å²) in [7, 11) is 0. The fourth-order valence-electron chi connectivity index (χ4n) is 2.24. The van der Waals surface area contributed by atoms with Crippen molar-refractivity contribution in [3.63, 3.8) is 0 Å². The maximum absolute atomic E-state index is 12.0. The van der Waals surface area contributed by atoms with Crippen molar-refractivity contribution in [3.8, 4) is 0 Å². The second-order valence-electron chi connectivity index (χ2n) is 4.66. The van der Waals surface area contributed by atoms with E-state index in [4.69, 9.17) is 0 Å². The molecule has 2 aromatic heterocycles. The fraction of sp³-hybridized carbons (Fsp3) is 0.125. The average molecular weight is 282 g/mol. The molecule has 0 fully saturated rings. The number of nitrogens with one attached hydrogen (secondary N) is 1. The summed E-state index contributed by atoms with van der Waals surface area (Å²) in [5, 5.41) is 5.96. The van der Waals surface area contributed by atoms with Gasteiger partial charge in [0.15, 0.2) is 0 Å². The molecule has 2 heterocycles. The molecule has 0 saturated heterocycles. The second kappa shape index (κ2) is 5.43. The Balaban J connectivity index is 1.86. The van der Waals surface area contributed by atoms with E-state index in [1.54, 1.807) is 6.20 Å². The summed E-state index contributed by atoms with van der Waals surface area (Å²) < 4.78 is 0. The Morgan fingerprint density at radius 1 is 1.30 bits per heavy atom. The lowest BCUT2D eigenvalue weighted by atomic mass is 10.1. The van der Waals surface area contributed by atoms with Crippen LogP contribution in [0.1, 0.15) is 20.8 Å². The van der Waals surface area contributed by atoms with Crippen LogP contribution < -0.4 is 5.32 Å². The molecule has 3 nitrogen and oxygen atoms in total. The van der Waals surface area contributed by atoms with Gasteiger partial charge in [0, 0.05) is 18.1 Å². The molecule has 0 atom stereocenters. The maximum atomic E-state index is 12.0. The lowest BCUT2D eigenvalue weighted by Crippen LogP contribution is -2.22. The van der Waals surface area contributed by atoms with Gasteiger partial charge < -0.3 is 5.32 Å². The molecule has 3 aromatic rings. The summed E-state index contributed by atoms with van der Waals surface area (Å²) in [6.07, 6.45) is 1.78. The van der Waals surface area contributed by atoms with Crippen molar-refractivity contribution >= 4 is 28.1 Å². The van der Waals surface area contributed by atoms with E-state index in [0.29, 0.717) is 6.54 Å². The van der Waals surface area contributed by atoms with Crippen LogP contribution in [-0.4, -0.2) is 10.9 Å². The highest BCUT2D eigenvalue weighted by atomic mass is 32.1. The van der Waals surface area contributed by atoms with Gasteiger partial charge >= 0.3 is 0 Å². The Labute approximate surface area is 121 Å². The van der Waals surface area contributed by atoms with Gasteiger partial charge in [0.05, 0.1) is 10.4 Å². The molecule has 0 aliphatic rings. The van der Waals surface area contributed by atoms with E-state index in [-0.39, 0.29) is 5.91 Å². The van der Waals surface area contributed by atoms with E-state index >= 15 is 0 Å². The van der Waals surface area contributed by atoms with Gasteiger partial charge in [0.25, 0.3) is 5.91 Å². The third-order valence-corrected chi connectivity index (χ3v) is 3.98. The first-order valence-corrected chi connectivity index (χ1v) is 7.28. The number of pyridine rings is 1. The molecule has 0 aliphatic heterocycles. The summed E-state index contributed by atoms with van der Waals surface area (Å²) in [5.41, 5.74) is 3.17. The molecule has 4 heteroatoms. The fourth-order valence-corrected chi connectivity index (χ4v) is 2.88. The summed E-state index contributed by atoms with van der Waals surface area (Å²) in [6.45, 7) is 2.54. The zero-order valence-electron chi connectivity index (χ0n) is 11.1. The molecule has 3 rings (SSSR count). The van der Waals surface area contributed by atoms with Gasteiger partial charge in [0.1, 0.15) is 0 Å². The topological polar surface area (TPSA) is 42.0 Å². The van der Waals surface area contributed by atoms with Gasteiger partial charge in [0.2, 0.25) is 0 Å². The first kappa shape index (κ1) is 12.8. The minimum absolute atomic E-state index is 0.0365. The molecule has 0 saturated carbocycles. The number of nitrogens with zero attached hydrogens (tertiary/aromatic N) is 1. The maximum Gasteiger partial charge on any atom is 0.261 e. The average Bonchev–Trinajstić information content (AvgIpc) is 2.98. The number of aromatic nitrogens is 1. The molecule has 0 spiro atoms. The lowest BCUT2D eigenvalue weighted by Gasteiger charge is -2.08. The molecular weight excluding hydrogens is 268 g/mol. The quantitative estimate of drug-likeness (QED) is 0.798. The number of carbonyl (C=O) groups is 1. The third-order valence-electron chi connectivity index (χ3n) is 3.11. The summed E-state index contributed by atoms with van der Waals surface area (Å²) >= 11 is 1.45. The highest BCUT2D eigenvalue weighted by molar-refractivity contribution is 7.12. The smallest absolute Gasteiger partial charge is 0.261 e. The van der Waals surface area contributed by atoms with Crippen molar-refractivity contribution in [3.05, 3.63) is 64.0 Å². The zero-order valence-corrected chi connectivity index (χ0v) is 11.9. The summed E-state index contributed by atoms with van der Waals surface area (Å²) in [4.78, 5) is 17.1. The van der Waals surface area contributed by atoms with Gasteiger partial charge in [-0.3, -0.25) is 9.78 Å². The van der Waals surface area contributed by atoms with Crippen molar-refractivity contribution in [2.24, 2.45) is 0 Å².